The van der Waals surface area contributed by atoms with Crippen LogP contribution in [0.2, 0.25) is 0 Å². The second kappa shape index (κ2) is 5.74. The SMILES string of the molecule is COc1ccc(C#N)c(Oc2cccc(I)c2)c1. The second-order valence-corrected chi connectivity index (χ2v) is 4.78. The van der Waals surface area contributed by atoms with Gasteiger partial charge in [-0.05, 0) is 52.9 Å². The summed E-state index contributed by atoms with van der Waals surface area (Å²) in [5.41, 5.74) is 0.481. The minimum Gasteiger partial charge on any atom is -0.497 e. The predicted molar refractivity (Wildman–Crippen MR) is 76.9 cm³/mol. The Hall–Kier alpha value is -1.74. The normalized spacial score (nSPS) is 9.61. The van der Waals surface area contributed by atoms with E-state index in [1.54, 1.807) is 25.3 Å². The molecule has 0 heterocycles. The van der Waals surface area contributed by atoms with Crippen LogP contribution in [0.25, 0.3) is 0 Å². The summed E-state index contributed by atoms with van der Waals surface area (Å²) in [5, 5.41) is 9.04. The van der Waals surface area contributed by atoms with Gasteiger partial charge in [-0.2, -0.15) is 5.26 Å². The first-order valence-corrected chi connectivity index (χ1v) is 6.32. The number of hydrogen-bond acceptors (Lipinski definition) is 3. The van der Waals surface area contributed by atoms with Crippen LogP contribution >= 0.6 is 22.6 Å². The molecule has 0 aliphatic carbocycles. The molecule has 2 aromatic rings. The molecule has 3 nitrogen and oxygen atoms in total. The lowest BCUT2D eigenvalue weighted by atomic mass is 10.2. The second-order valence-electron chi connectivity index (χ2n) is 3.53. The fraction of sp³-hybridized carbons (Fsp3) is 0.0714. The Morgan fingerprint density at radius 1 is 1.11 bits per heavy atom. The number of hydrogen-bond donors (Lipinski definition) is 0. The van der Waals surface area contributed by atoms with Crippen molar-refractivity contribution in [2.24, 2.45) is 0 Å². The molecule has 2 rings (SSSR count). The van der Waals surface area contributed by atoms with E-state index in [9.17, 15) is 0 Å². The van der Waals surface area contributed by atoms with Gasteiger partial charge in [0, 0.05) is 9.64 Å². The van der Waals surface area contributed by atoms with Crippen molar-refractivity contribution in [1.29, 1.82) is 5.26 Å². The summed E-state index contributed by atoms with van der Waals surface area (Å²) < 4.78 is 11.9. The molecule has 0 atom stereocenters. The molecule has 0 saturated heterocycles. The van der Waals surface area contributed by atoms with E-state index in [1.807, 2.05) is 24.3 Å². The van der Waals surface area contributed by atoms with E-state index in [0.29, 0.717) is 22.8 Å². The van der Waals surface area contributed by atoms with E-state index in [1.165, 1.54) is 0 Å². The molecule has 18 heavy (non-hydrogen) atoms. The van der Waals surface area contributed by atoms with Crippen LogP contribution in [-0.2, 0) is 0 Å². The number of nitriles is 1. The van der Waals surface area contributed by atoms with Crippen molar-refractivity contribution < 1.29 is 9.47 Å². The van der Waals surface area contributed by atoms with Crippen LogP contribution in [0.1, 0.15) is 5.56 Å². The summed E-state index contributed by atoms with van der Waals surface area (Å²) in [7, 11) is 1.58. The van der Waals surface area contributed by atoms with E-state index in [-0.39, 0.29) is 0 Å². The average Bonchev–Trinajstić information content (AvgIpc) is 2.38. The fourth-order valence-corrected chi connectivity index (χ4v) is 1.98. The van der Waals surface area contributed by atoms with Crippen molar-refractivity contribution in [3.8, 4) is 23.3 Å². The molecule has 4 heteroatoms. The number of nitrogens with zero attached hydrogens (tertiary/aromatic N) is 1. The van der Waals surface area contributed by atoms with Crippen LogP contribution in [0.3, 0.4) is 0 Å². The van der Waals surface area contributed by atoms with Crippen molar-refractivity contribution >= 4 is 22.6 Å². The molecule has 0 spiro atoms. The highest BCUT2D eigenvalue weighted by atomic mass is 127. The number of ether oxygens (including phenoxy) is 2. The Labute approximate surface area is 119 Å². The molecule has 0 aliphatic heterocycles. The topological polar surface area (TPSA) is 42.2 Å². The number of halogens is 1. The lowest BCUT2D eigenvalue weighted by Crippen LogP contribution is -1.90. The van der Waals surface area contributed by atoms with E-state index >= 15 is 0 Å². The van der Waals surface area contributed by atoms with Gasteiger partial charge >= 0.3 is 0 Å². The third kappa shape index (κ3) is 2.93. The van der Waals surface area contributed by atoms with Gasteiger partial charge in [0.15, 0.2) is 0 Å². The summed E-state index contributed by atoms with van der Waals surface area (Å²) in [6.45, 7) is 0. The zero-order valence-corrected chi connectivity index (χ0v) is 11.8. The maximum absolute atomic E-state index is 9.04. The maximum Gasteiger partial charge on any atom is 0.148 e. The largest absolute Gasteiger partial charge is 0.497 e. The Morgan fingerprint density at radius 2 is 1.94 bits per heavy atom. The maximum atomic E-state index is 9.04. The van der Waals surface area contributed by atoms with E-state index in [4.69, 9.17) is 14.7 Å². The third-order valence-electron chi connectivity index (χ3n) is 2.33. The first kappa shape index (κ1) is 12.7. The molecule has 2 aromatic carbocycles. The Morgan fingerprint density at radius 3 is 2.61 bits per heavy atom. The smallest absolute Gasteiger partial charge is 0.148 e. The molecule has 0 radical (unpaired) electrons. The lowest BCUT2D eigenvalue weighted by molar-refractivity contribution is 0.409. The molecule has 90 valence electrons. The predicted octanol–water partition coefficient (Wildman–Crippen LogP) is 3.96. The quantitative estimate of drug-likeness (QED) is 0.786. The van der Waals surface area contributed by atoms with E-state index in [0.717, 1.165) is 3.57 Å². The van der Waals surface area contributed by atoms with Crippen LogP contribution in [0.5, 0.6) is 17.2 Å². The van der Waals surface area contributed by atoms with E-state index < -0.39 is 0 Å². The van der Waals surface area contributed by atoms with Crippen LogP contribution in [-0.4, -0.2) is 7.11 Å². The Kier molecular flexibility index (Phi) is 4.05. The molecule has 0 N–H and O–H groups in total. The van der Waals surface area contributed by atoms with Crippen molar-refractivity contribution in [2.45, 2.75) is 0 Å². The van der Waals surface area contributed by atoms with Gasteiger partial charge in [-0.1, -0.05) is 6.07 Å². The number of rotatable bonds is 3. The highest BCUT2D eigenvalue weighted by molar-refractivity contribution is 14.1. The molecule has 0 bridgehead atoms. The zero-order valence-electron chi connectivity index (χ0n) is 9.68. The summed E-state index contributed by atoms with van der Waals surface area (Å²) in [5.74, 6) is 1.86. The highest BCUT2D eigenvalue weighted by Gasteiger charge is 2.06. The molecular formula is C14H10INO2. The van der Waals surface area contributed by atoms with Crippen molar-refractivity contribution in [2.75, 3.05) is 7.11 Å². The highest BCUT2D eigenvalue weighted by Crippen LogP contribution is 2.29. The number of methoxy groups -OCH3 is 1. The van der Waals surface area contributed by atoms with Crippen LogP contribution in [0.4, 0.5) is 0 Å². The van der Waals surface area contributed by atoms with Gasteiger partial charge in [-0.15, -0.1) is 0 Å². The summed E-state index contributed by atoms with van der Waals surface area (Å²) in [6.07, 6.45) is 0. The minimum absolute atomic E-state index is 0.481. The molecule has 0 aromatic heterocycles. The Bertz CT molecular complexity index is 605. The monoisotopic (exact) mass is 351 g/mol. The first-order chi connectivity index (χ1) is 8.72. The van der Waals surface area contributed by atoms with E-state index in [2.05, 4.69) is 28.7 Å². The summed E-state index contributed by atoms with van der Waals surface area (Å²) in [4.78, 5) is 0. The first-order valence-electron chi connectivity index (χ1n) is 5.24. The van der Waals surface area contributed by atoms with Crippen molar-refractivity contribution in [3.05, 3.63) is 51.6 Å². The van der Waals surface area contributed by atoms with Gasteiger partial charge in [-0.25, -0.2) is 0 Å². The van der Waals surface area contributed by atoms with Crippen molar-refractivity contribution in [1.82, 2.24) is 0 Å². The van der Waals surface area contributed by atoms with Gasteiger partial charge in [-0.3, -0.25) is 0 Å². The van der Waals surface area contributed by atoms with Crippen LogP contribution in [0, 0.1) is 14.9 Å². The van der Waals surface area contributed by atoms with Gasteiger partial charge in [0.25, 0.3) is 0 Å². The lowest BCUT2D eigenvalue weighted by Gasteiger charge is -2.09. The Balaban J connectivity index is 2.36. The molecule has 0 saturated carbocycles. The van der Waals surface area contributed by atoms with Crippen LogP contribution in [0.15, 0.2) is 42.5 Å². The average molecular weight is 351 g/mol. The molecule has 0 amide bonds. The fourth-order valence-electron chi connectivity index (χ4n) is 1.46. The molecule has 0 fully saturated rings. The number of benzene rings is 2. The minimum atomic E-state index is 0.481. The van der Waals surface area contributed by atoms with Gasteiger partial charge in [0.1, 0.15) is 23.3 Å². The molecular weight excluding hydrogens is 341 g/mol. The summed E-state index contributed by atoms with van der Waals surface area (Å²) in [6, 6.07) is 14.9. The third-order valence-corrected chi connectivity index (χ3v) is 3.00. The summed E-state index contributed by atoms with van der Waals surface area (Å²) >= 11 is 2.21. The molecule has 0 unspecified atom stereocenters. The van der Waals surface area contributed by atoms with Gasteiger partial charge in [0.2, 0.25) is 0 Å². The molecule has 0 aliphatic rings. The standard InChI is InChI=1S/C14H10INO2/c1-17-12-6-5-10(9-16)14(8-12)18-13-4-2-3-11(15)7-13/h2-8H,1H3. The van der Waals surface area contributed by atoms with Crippen LogP contribution < -0.4 is 9.47 Å². The van der Waals surface area contributed by atoms with Gasteiger partial charge < -0.3 is 9.47 Å². The van der Waals surface area contributed by atoms with Crippen molar-refractivity contribution in [3.63, 3.8) is 0 Å². The zero-order chi connectivity index (χ0) is 13.0. The van der Waals surface area contributed by atoms with Gasteiger partial charge in [0.05, 0.1) is 12.7 Å².